The van der Waals surface area contributed by atoms with Gasteiger partial charge in [-0.2, -0.15) is 0 Å². The Morgan fingerprint density at radius 3 is 2.67 bits per heavy atom. The summed E-state index contributed by atoms with van der Waals surface area (Å²) < 4.78 is 27.9. The maximum Gasteiger partial charge on any atom is 0.336 e. The van der Waals surface area contributed by atoms with E-state index >= 15 is 0 Å². The molecule has 0 fully saturated rings. The first-order chi connectivity index (χ1) is 9.81. The highest BCUT2D eigenvalue weighted by molar-refractivity contribution is 14.1. The first kappa shape index (κ1) is 16.2. The number of carboxylic acid groups (broad SMARTS) is 1. The maximum atomic E-state index is 12.3. The highest BCUT2D eigenvalue weighted by Crippen LogP contribution is 2.25. The number of sulfonamides is 1. The van der Waals surface area contributed by atoms with E-state index in [1.165, 1.54) is 30.6 Å². The summed E-state index contributed by atoms with van der Waals surface area (Å²) in [6, 6.07) is 5.42. The number of halogens is 2. The van der Waals surface area contributed by atoms with Crippen LogP contribution in [-0.2, 0) is 10.0 Å². The second kappa shape index (κ2) is 6.28. The second-order valence-electron chi connectivity index (χ2n) is 3.91. The van der Waals surface area contributed by atoms with Crippen LogP contribution < -0.4 is 4.72 Å². The highest BCUT2D eigenvalue weighted by Gasteiger charge is 2.19. The Kier molecular flexibility index (Phi) is 4.84. The first-order valence-electron chi connectivity index (χ1n) is 5.46. The molecule has 0 aliphatic heterocycles. The fourth-order valence-electron chi connectivity index (χ4n) is 1.50. The number of aromatic nitrogens is 1. The molecule has 0 bridgehead atoms. The lowest BCUT2D eigenvalue weighted by atomic mass is 10.2. The van der Waals surface area contributed by atoms with Crippen molar-refractivity contribution in [3.05, 3.63) is 50.3 Å². The fraction of sp³-hybridized carbons (Fsp3) is 0. The van der Waals surface area contributed by atoms with E-state index in [4.69, 9.17) is 5.11 Å². The first-order valence-corrected chi connectivity index (χ1v) is 8.82. The molecule has 9 heteroatoms. The second-order valence-corrected chi connectivity index (χ2v) is 7.61. The van der Waals surface area contributed by atoms with Crippen molar-refractivity contribution in [2.45, 2.75) is 4.90 Å². The van der Waals surface area contributed by atoms with E-state index in [2.05, 4.69) is 25.6 Å². The van der Waals surface area contributed by atoms with Gasteiger partial charge in [-0.15, -0.1) is 0 Å². The number of rotatable bonds is 4. The SMILES string of the molecule is O=C(O)c1cc(S(=O)(=O)Nc2ccncc2Br)ccc1I. The largest absolute Gasteiger partial charge is 0.478 e. The number of anilines is 1. The average molecular weight is 483 g/mol. The maximum absolute atomic E-state index is 12.3. The van der Waals surface area contributed by atoms with Crippen molar-refractivity contribution in [1.29, 1.82) is 0 Å². The Hall–Kier alpha value is -1.20. The number of carboxylic acids is 1. The highest BCUT2D eigenvalue weighted by atomic mass is 127. The van der Waals surface area contributed by atoms with Crippen LogP contribution in [0.5, 0.6) is 0 Å². The zero-order valence-electron chi connectivity index (χ0n) is 10.2. The van der Waals surface area contributed by atoms with Gasteiger partial charge in [0.15, 0.2) is 0 Å². The minimum absolute atomic E-state index is 0.0627. The molecule has 0 aliphatic rings. The van der Waals surface area contributed by atoms with E-state index in [1.54, 1.807) is 0 Å². The summed E-state index contributed by atoms with van der Waals surface area (Å²) in [6.07, 6.45) is 2.90. The van der Waals surface area contributed by atoms with Crippen molar-refractivity contribution in [2.75, 3.05) is 4.72 Å². The molecule has 0 radical (unpaired) electrons. The van der Waals surface area contributed by atoms with Crippen LogP contribution in [0.2, 0.25) is 0 Å². The predicted molar refractivity (Wildman–Crippen MR) is 88.9 cm³/mol. The molecule has 21 heavy (non-hydrogen) atoms. The molecule has 0 unspecified atom stereocenters. The molecule has 110 valence electrons. The van der Waals surface area contributed by atoms with Crippen molar-refractivity contribution >= 4 is 60.2 Å². The molecule has 6 nitrogen and oxygen atoms in total. The summed E-state index contributed by atoms with van der Waals surface area (Å²) in [5.74, 6) is -1.18. The van der Waals surface area contributed by atoms with Crippen LogP contribution in [-0.4, -0.2) is 24.5 Å². The van der Waals surface area contributed by atoms with Crippen LogP contribution >= 0.6 is 38.5 Å². The normalized spacial score (nSPS) is 11.1. The number of nitrogens with zero attached hydrogens (tertiary/aromatic N) is 1. The molecule has 2 aromatic rings. The van der Waals surface area contributed by atoms with Gasteiger partial charge in [0.1, 0.15) is 0 Å². The molecular formula is C12H8BrIN2O4S. The summed E-state index contributed by atoms with van der Waals surface area (Å²) in [7, 11) is -3.88. The number of carbonyl (C=O) groups is 1. The van der Waals surface area contributed by atoms with Crippen molar-refractivity contribution in [3.63, 3.8) is 0 Å². The van der Waals surface area contributed by atoms with Crippen molar-refractivity contribution < 1.29 is 18.3 Å². The Morgan fingerprint density at radius 1 is 1.33 bits per heavy atom. The van der Waals surface area contributed by atoms with Crippen LogP contribution in [0, 0.1) is 3.57 Å². The third kappa shape index (κ3) is 3.71. The Labute approximate surface area is 142 Å². The van der Waals surface area contributed by atoms with Crippen LogP contribution in [0.15, 0.2) is 46.0 Å². The third-order valence-corrected chi connectivity index (χ3v) is 5.43. The molecule has 1 heterocycles. The van der Waals surface area contributed by atoms with E-state index in [9.17, 15) is 13.2 Å². The van der Waals surface area contributed by atoms with E-state index in [0.717, 1.165) is 6.07 Å². The number of benzene rings is 1. The van der Waals surface area contributed by atoms with Gasteiger partial charge in [0, 0.05) is 16.0 Å². The van der Waals surface area contributed by atoms with Gasteiger partial charge in [0.05, 0.1) is 20.6 Å². The lowest BCUT2D eigenvalue weighted by molar-refractivity contribution is 0.0695. The number of aromatic carboxylic acids is 1. The van der Waals surface area contributed by atoms with Crippen molar-refractivity contribution in [2.24, 2.45) is 0 Å². The van der Waals surface area contributed by atoms with E-state index in [0.29, 0.717) is 13.7 Å². The molecule has 0 amide bonds. The minimum atomic E-state index is -3.88. The Bertz CT molecular complexity index is 811. The molecule has 1 aromatic heterocycles. The van der Waals surface area contributed by atoms with Gasteiger partial charge in [-0.25, -0.2) is 13.2 Å². The lowest BCUT2D eigenvalue weighted by Gasteiger charge is -2.10. The number of hydrogen-bond donors (Lipinski definition) is 2. The molecule has 2 rings (SSSR count). The Balaban J connectivity index is 2.43. The Morgan fingerprint density at radius 2 is 2.05 bits per heavy atom. The van der Waals surface area contributed by atoms with E-state index in [1.807, 2.05) is 22.6 Å². The van der Waals surface area contributed by atoms with Crippen LogP contribution in [0.3, 0.4) is 0 Å². The van der Waals surface area contributed by atoms with Crippen LogP contribution in [0.25, 0.3) is 0 Å². The molecule has 0 spiro atoms. The fourth-order valence-corrected chi connectivity index (χ4v) is 3.65. The van der Waals surface area contributed by atoms with Crippen LogP contribution in [0.1, 0.15) is 10.4 Å². The molecule has 0 atom stereocenters. The lowest BCUT2D eigenvalue weighted by Crippen LogP contribution is -2.14. The summed E-state index contributed by atoms with van der Waals surface area (Å²) in [4.78, 5) is 14.8. The van der Waals surface area contributed by atoms with Gasteiger partial charge in [0.2, 0.25) is 0 Å². The van der Waals surface area contributed by atoms with Gasteiger partial charge >= 0.3 is 5.97 Å². The van der Waals surface area contributed by atoms with Gasteiger partial charge in [-0.05, 0) is 62.8 Å². The van der Waals surface area contributed by atoms with Crippen molar-refractivity contribution in [1.82, 2.24) is 4.98 Å². The number of nitrogens with one attached hydrogen (secondary N) is 1. The third-order valence-electron chi connectivity index (χ3n) is 2.50. The monoisotopic (exact) mass is 482 g/mol. The molecule has 0 saturated carbocycles. The van der Waals surface area contributed by atoms with Gasteiger partial charge < -0.3 is 5.11 Å². The number of hydrogen-bond acceptors (Lipinski definition) is 4. The molecule has 2 N–H and O–H groups in total. The number of pyridine rings is 1. The van der Waals surface area contributed by atoms with Gasteiger partial charge in [0.25, 0.3) is 10.0 Å². The summed E-state index contributed by atoms with van der Waals surface area (Å²) >= 11 is 5.02. The molecule has 1 aromatic carbocycles. The van der Waals surface area contributed by atoms with Crippen LogP contribution in [0.4, 0.5) is 5.69 Å². The summed E-state index contributed by atoms with van der Waals surface area (Å²) in [5, 5.41) is 9.05. The van der Waals surface area contributed by atoms with E-state index < -0.39 is 16.0 Å². The smallest absolute Gasteiger partial charge is 0.336 e. The predicted octanol–water partition coefficient (Wildman–Crippen LogP) is 2.95. The van der Waals surface area contributed by atoms with Gasteiger partial charge in [-0.3, -0.25) is 9.71 Å². The molecule has 0 aliphatic carbocycles. The standard InChI is InChI=1S/C12H8BrIN2O4S/c13-9-6-15-4-3-11(9)16-21(19,20)7-1-2-10(14)8(5-7)12(17)18/h1-6H,(H,15,16)(H,17,18). The van der Waals surface area contributed by atoms with Gasteiger partial charge in [-0.1, -0.05) is 0 Å². The zero-order valence-corrected chi connectivity index (χ0v) is 14.8. The zero-order chi connectivity index (χ0) is 15.6. The average Bonchev–Trinajstić information content (AvgIpc) is 2.41. The minimum Gasteiger partial charge on any atom is -0.478 e. The quantitative estimate of drug-likeness (QED) is 0.653. The summed E-state index contributed by atoms with van der Waals surface area (Å²) in [6.45, 7) is 0. The summed E-state index contributed by atoms with van der Waals surface area (Å²) in [5.41, 5.74) is 0.257. The molecule has 0 saturated heterocycles. The van der Waals surface area contributed by atoms with E-state index in [-0.39, 0.29) is 10.5 Å². The molecular weight excluding hydrogens is 475 g/mol. The topological polar surface area (TPSA) is 96.4 Å². The van der Waals surface area contributed by atoms with Crippen molar-refractivity contribution in [3.8, 4) is 0 Å².